The van der Waals surface area contributed by atoms with E-state index in [1.165, 1.54) is 18.4 Å². The Morgan fingerprint density at radius 1 is 1.16 bits per heavy atom. The molecule has 0 fully saturated rings. The molecule has 0 aromatic carbocycles. The van der Waals surface area contributed by atoms with Crippen molar-refractivity contribution < 1.29 is 28.6 Å². The van der Waals surface area contributed by atoms with E-state index in [1.54, 1.807) is 6.92 Å². The lowest BCUT2D eigenvalue weighted by Crippen LogP contribution is -2.32. The van der Waals surface area contributed by atoms with Crippen molar-refractivity contribution in [3.05, 3.63) is 21.4 Å². The van der Waals surface area contributed by atoms with Crippen molar-refractivity contribution >= 4 is 29.2 Å². The fraction of sp³-hybridized carbons (Fsp3) is 0.708. The summed E-state index contributed by atoms with van der Waals surface area (Å²) in [6, 6.07) is 2.03. The van der Waals surface area contributed by atoms with Crippen LogP contribution < -0.4 is 0 Å². The Morgan fingerprint density at radius 2 is 1.81 bits per heavy atom. The van der Waals surface area contributed by atoms with Gasteiger partial charge in [-0.25, -0.2) is 4.79 Å². The molecule has 0 radical (unpaired) electrons. The molecule has 31 heavy (non-hydrogen) atoms. The van der Waals surface area contributed by atoms with Crippen LogP contribution in [0.5, 0.6) is 0 Å². The molecule has 176 valence electrons. The van der Waals surface area contributed by atoms with Crippen LogP contribution in [0.1, 0.15) is 80.9 Å². The van der Waals surface area contributed by atoms with Gasteiger partial charge in [0, 0.05) is 4.88 Å². The van der Waals surface area contributed by atoms with E-state index < -0.39 is 11.5 Å². The summed E-state index contributed by atoms with van der Waals surface area (Å²) in [5.41, 5.74) is 0.300. The highest BCUT2D eigenvalue weighted by Gasteiger charge is 2.33. The third-order valence-corrected chi connectivity index (χ3v) is 6.24. The average Bonchev–Trinajstić information content (AvgIpc) is 3.05. The van der Waals surface area contributed by atoms with Gasteiger partial charge in [-0.15, -0.1) is 11.3 Å². The van der Waals surface area contributed by atoms with Gasteiger partial charge in [-0.1, -0.05) is 27.2 Å². The van der Waals surface area contributed by atoms with Crippen LogP contribution in [0.15, 0.2) is 6.07 Å². The van der Waals surface area contributed by atoms with Crippen LogP contribution in [0.2, 0.25) is 0 Å². The average molecular weight is 455 g/mol. The second kappa shape index (κ2) is 12.2. The highest BCUT2D eigenvalue weighted by atomic mass is 32.1. The fourth-order valence-corrected chi connectivity index (χ4v) is 4.74. The minimum absolute atomic E-state index is 0.00835. The van der Waals surface area contributed by atoms with E-state index in [-0.39, 0.29) is 36.4 Å². The molecular formula is C24H38O6S. The van der Waals surface area contributed by atoms with Crippen molar-refractivity contribution in [1.82, 2.24) is 0 Å². The normalized spacial score (nSPS) is 14.5. The van der Waals surface area contributed by atoms with Crippen LogP contribution in [-0.2, 0) is 30.2 Å². The zero-order chi connectivity index (χ0) is 23.8. The van der Waals surface area contributed by atoms with E-state index in [2.05, 4.69) is 6.92 Å². The Balaban J connectivity index is 2.56. The molecule has 1 aromatic rings. The van der Waals surface area contributed by atoms with E-state index in [1.807, 2.05) is 40.7 Å². The SMILES string of the molecule is CCCc1cc(C)sc1C(=O)OC(C)COC(=O)C(C)(C)CC(C)CC(C)C(=O)OC. The number of hydrogen-bond donors (Lipinski definition) is 0. The van der Waals surface area contributed by atoms with E-state index in [4.69, 9.17) is 14.2 Å². The van der Waals surface area contributed by atoms with Crippen molar-refractivity contribution in [1.29, 1.82) is 0 Å². The fourth-order valence-electron chi connectivity index (χ4n) is 3.79. The quantitative estimate of drug-likeness (QED) is 0.313. The monoisotopic (exact) mass is 454 g/mol. The zero-order valence-electron chi connectivity index (χ0n) is 20.2. The summed E-state index contributed by atoms with van der Waals surface area (Å²) in [7, 11) is 1.38. The summed E-state index contributed by atoms with van der Waals surface area (Å²) >= 11 is 1.43. The summed E-state index contributed by atoms with van der Waals surface area (Å²) in [4.78, 5) is 38.5. The van der Waals surface area contributed by atoms with Crippen molar-refractivity contribution in [3.63, 3.8) is 0 Å². The Morgan fingerprint density at radius 3 is 2.39 bits per heavy atom. The Bertz CT molecular complexity index is 751. The van der Waals surface area contributed by atoms with Gasteiger partial charge in [0.2, 0.25) is 0 Å². The molecule has 0 amide bonds. The number of hydrogen-bond acceptors (Lipinski definition) is 7. The largest absolute Gasteiger partial charge is 0.469 e. The van der Waals surface area contributed by atoms with Gasteiger partial charge in [0.1, 0.15) is 17.6 Å². The highest BCUT2D eigenvalue weighted by molar-refractivity contribution is 7.14. The van der Waals surface area contributed by atoms with Gasteiger partial charge in [0.05, 0.1) is 18.4 Å². The highest BCUT2D eigenvalue weighted by Crippen LogP contribution is 2.31. The second-order valence-electron chi connectivity index (χ2n) is 9.13. The van der Waals surface area contributed by atoms with Crippen LogP contribution in [0.4, 0.5) is 0 Å². The number of carbonyl (C=O) groups is 3. The third-order valence-electron chi connectivity index (χ3n) is 5.17. The first-order valence-corrected chi connectivity index (χ1v) is 11.8. The molecule has 0 aliphatic rings. The second-order valence-corrected chi connectivity index (χ2v) is 10.4. The zero-order valence-corrected chi connectivity index (χ0v) is 21.0. The van der Waals surface area contributed by atoms with Gasteiger partial charge in [0.15, 0.2) is 0 Å². The van der Waals surface area contributed by atoms with Crippen molar-refractivity contribution in [2.24, 2.45) is 17.3 Å². The molecule has 0 N–H and O–H groups in total. The van der Waals surface area contributed by atoms with Crippen LogP contribution in [0.25, 0.3) is 0 Å². The Labute approximate surface area is 190 Å². The first kappa shape index (κ1) is 27.1. The van der Waals surface area contributed by atoms with Crippen molar-refractivity contribution in [3.8, 4) is 0 Å². The topological polar surface area (TPSA) is 78.9 Å². The summed E-state index contributed by atoms with van der Waals surface area (Å²) in [5, 5.41) is 0. The molecule has 7 heteroatoms. The van der Waals surface area contributed by atoms with Crippen LogP contribution in [-0.4, -0.2) is 37.7 Å². The maximum absolute atomic E-state index is 12.6. The number of ether oxygens (including phenoxy) is 3. The predicted molar refractivity (Wildman–Crippen MR) is 122 cm³/mol. The molecule has 0 aliphatic heterocycles. The van der Waals surface area contributed by atoms with Gasteiger partial charge in [0.25, 0.3) is 0 Å². The van der Waals surface area contributed by atoms with Gasteiger partial charge < -0.3 is 14.2 Å². The van der Waals surface area contributed by atoms with Crippen LogP contribution >= 0.6 is 11.3 Å². The molecule has 0 spiro atoms. The van der Waals surface area contributed by atoms with E-state index in [0.717, 1.165) is 23.3 Å². The number of rotatable bonds is 12. The minimum Gasteiger partial charge on any atom is -0.469 e. The molecule has 1 heterocycles. The van der Waals surface area contributed by atoms with Gasteiger partial charge in [-0.3, -0.25) is 9.59 Å². The smallest absolute Gasteiger partial charge is 0.348 e. The molecule has 0 bridgehead atoms. The first-order chi connectivity index (χ1) is 14.4. The maximum atomic E-state index is 12.6. The predicted octanol–water partition coefficient (Wildman–Crippen LogP) is 5.35. The summed E-state index contributed by atoms with van der Waals surface area (Å²) < 4.78 is 15.7. The molecule has 0 saturated heterocycles. The Kier molecular flexibility index (Phi) is 10.7. The molecule has 6 nitrogen and oxygen atoms in total. The number of esters is 3. The van der Waals surface area contributed by atoms with Crippen molar-refractivity contribution in [2.75, 3.05) is 13.7 Å². The molecule has 1 aromatic heterocycles. The molecule has 0 saturated carbocycles. The van der Waals surface area contributed by atoms with E-state index >= 15 is 0 Å². The first-order valence-electron chi connectivity index (χ1n) is 11.0. The van der Waals surface area contributed by atoms with Crippen molar-refractivity contribution in [2.45, 2.75) is 80.3 Å². The molecular weight excluding hydrogens is 416 g/mol. The Hall–Kier alpha value is -1.89. The third kappa shape index (κ3) is 8.63. The maximum Gasteiger partial charge on any atom is 0.348 e. The summed E-state index contributed by atoms with van der Waals surface area (Å²) in [6.45, 7) is 13.3. The summed E-state index contributed by atoms with van der Waals surface area (Å²) in [6.07, 6.45) is 2.46. The van der Waals surface area contributed by atoms with E-state index in [0.29, 0.717) is 17.7 Å². The number of aryl methyl sites for hydroxylation is 2. The van der Waals surface area contributed by atoms with Gasteiger partial charge >= 0.3 is 17.9 Å². The van der Waals surface area contributed by atoms with E-state index in [9.17, 15) is 14.4 Å². The number of methoxy groups -OCH3 is 1. The minimum atomic E-state index is -0.710. The number of carbonyl (C=O) groups excluding carboxylic acids is 3. The molecule has 0 aliphatic carbocycles. The number of thiophene rings is 1. The standard InChI is InChI=1S/C24H38O6S/c1-9-10-19-12-18(5)31-20(19)22(26)30-17(4)14-29-23(27)24(6,7)13-15(2)11-16(3)21(25)28-8/h12,15-17H,9-11,13-14H2,1-8H3. The molecule has 3 atom stereocenters. The molecule has 3 unspecified atom stereocenters. The lowest BCUT2D eigenvalue weighted by atomic mass is 9.80. The van der Waals surface area contributed by atoms with Crippen LogP contribution in [0.3, 0.4) is 0 Å². The summed E-state index contributed by atoms with van der Waals surface area (Å²) in [5.74, 6) is -1.03. The van der Waals surface area contributed by atoms with Crippen LogP contribution in [0, 0.1) is 24.2 Å². The van der Waals surface area contributed by atoms with Gasteiger partial charge in [-0.2, -0.15) is 0 Å². The molecule has 1 rings (SSSR count). The lowest BCUT2D eigenvalue weighted by molar-refractivity contribution is -0.157. The van der Waals surface area contributed by atoms with Gasteiger partial charge in [-0.05, 0) is 64.5 Å². The lowest BCUT2D eigenvalue weighted by Gasteiger charge is -2.27.